The van der Waals surface area contributed by atoms with Crippen LogP contribution in [0.2, 0.25) is 0 Å². The van der Waals surface area contributed by atoms with Crippen molar-refractivity contribution < 1.29 is 4.79 Å². The summed E-state index contributed by atoms with van der Waals surface area (Å²) in [5, 5.41) is 3.42. The number of carbonyl (C=O) groups is 1. The first-order valence-electron chi connectivity index (χ1n) is 7.47. The molecule has 1 N–H and O–H groups in total. The lowest BCUT2D eigenvalue weighted by Crippen LogP contribution is -2.40. The number of nitrogens with zero attached hydrogens (tertiary/aromatic N) is 1. The number of hydrogen-bond acceptors (Lipinski definition) is 2. The van der Waals surface area contributed by atoms with E-state index >= 15 is 0 Å². The second-order valence-corrected chi connectivity index (χ2v) is 6.95. The van der Waals surface area contributed by atoms with Gasteiger partial charge in [0.25, 0.3) is 0 Å². The number of rotatable bonds is 4. The number of nitrogens with one attached hydrogen (secondary N) is 1. The van der Waals surface area contributed by atoms with Gasteiger partial charge in [0, 0.05) is 6.54 Å². The molecule has 0 aromatic heterocycles. The number of benzene rings is 1. The van der Waals surface area contributed by atoms with E-state index in [0.717, 1.165) is 19.4 Å². The molecule has 2 unspecified atom stereocenters. The highest BCUT2D eigenvalue weighted by Crippen LogP contribution is 2.22. The molecule has 3 nitrogen and oxygen atoms in total. The Hall–Kier alpha value is -1.35. The van der Waals surface area contributed by atoms with E-state index in [-0.39, 0.29) is 23.5 Å². The molecule has 0 bridgehead atoms. The lowest BCUT2D eigenvalue weighted by Gasteiger charge is -2.29. The molecular weight excluding hydrogens is 248 g/mol. The van der Waals surface area contributed by atoms with E-state index in [0.29, 0.717) is 0 Å². The standard InChI is InChI=1S/C17H26N2O/c1-13-18-15(11-10-14-8-6-5-7-9-14)16(20)19(13)12-17(2,3)4/h5-9,13,15,18H,10-12H2,1-4H3. The Labute approximate surface area is 122 Å². The predicted octanol–water partition coefficient (Wildman–Crippen LogP) is 2.81. The van der Waals surface area contributed by atoms with Crippen molar-refractivity contribution in [3.05, 3.63) is 35.9 Å². The van der Waals surface area contributed by atoms with E-state index in [1.165, 1.54) is 5.56 Å². The molecule has 1 aliphatic heterocycles. The normalized spacial score (nSPS) is 23.4. The molecule has 3 heteroatoms. The highest BCUT2D eigenvalue weighted by atomic mass is 16.2. The molecule has 2 rings (SSSR count). The Bertz CT molecular complexity index is 450. The Morgan fingerprint density at radius 2 is 1.85 bits per heavy atom. The van der Waals surface area contributed by atoms with Gasteiger partial charge in [0.2, 0.25) is 5.91 Å². The molecule has 2 atom stereocenters. The van der Waals surface area contributed by atoms with Gasteiger partial charge in [-0.15, -0.1) is 0 Å². The third-order valence-electron chi connectivity index (χ3n) is 3.70. The fraction of sp³-hybridized carbons (Fsp3) is 0.588. The molecule has 110 valence electrons. The van der Waals surface area contributed by atoms with Crippen LogP contribution in [0.1, 0.15) is 39.7 Å². The van der Waals surface area contributed by atoms with Gasteiger partial charge in [0.1, 0.15) is 0 Å². The summed E-state index contributed by atoms with van der Waals surface area (Å²) in [6.45, 7) is 9.40. The molecule has 20 heavy (non-hydrogen) atoms. The summed E-state index contributed by atoms with van der Waals surface area (Å²) in [7, 11) is 0. The van der Waals surface area contributed by atoms with Crippen LogP contribution in [0.5, 0.6) is 0 Å². The highest BCUT2D eigenvalue weighted by molar-refractivity contribution is 5.84. The van der Waals surface area contributed by atoms with Gasteiger partial charge >= 0.3 is 0 Å². The third-order valence-corrected chi connectivity index (χ3v) is 3.70. The van der Waals surface area contributed by atoms with Crippen molar-refractivity contribution in [1.82, 2.24) is 10.2 Å². The van der Waals surface area contributed by atoms with Gasteiger partial charge in [-0.25, -0.2) is 0 Å². The maximum absolute atomic E-state index is 12.5. The van der Waals surface area contributed by atoms with Crippen molar-refractivity contribution in [2.75, 3.05) is 6.54 Å². The fourth-order valence-corrected chi connectivity index (χ4v) is 2.73. The minimum absolute atomic E-state index is 0.0347. The average Bonchev–Trinajstić information content (AvgIpc) is 2.64. The number of aryl methyl sites for hydroxylation is 1. The molecule has 1 aromatic carbocycles. The van der Waals surface area contributed by atoms with Crippen molar-refractivity contribution in [3.63, 3.8) is 0 Å². The summed E-state index contributed by atoms with van der Waals surface area (Å²) in [5.41, 5.74) is 1.43. The maximum atomic E-state index is 12.5. The van der Waals surface area contributed by atoms with Crippen molar-refractivity contribution in [2.24, 2.45) is 5.41 Å². The molecule has 1 aromatic rings. The van der Waals surface area contributed by atoms with Gasteiger partial charge < -0.3 is 4.90 Å². The van der Waals surface area contributed by atoms with E-state index in [1.54, 1.807) is 0 Å². The zero-order valence-electron chi connectivity index (χ0n) is 13.0. The minimum Gasteiger partial charge on any atom is -0.326 e. The van der Waals surface area contributed by atoms with Crippen LogP contribution in [0.15, 0.2) is 30.3 Å². The highest BCUT2D eigenvalue weighted by Gasteiger charge is 2.37. The Balaban J connectivity index is 1.93. The summed E-state index contributed by atoms with van der Waals surface area (Å²) in [6.07, 6.45) is 1.95. The number of carbonyl (C=O) groups excluding carboxylic acids is 1. The van der Waals surface area contributed by atoms with Crippen molar-refractivity contribution in [2.45, 2.75) is 52.7 Å². The minimum atomic E-state index is -0.0347. The van der Waals surface area contributed by atoms with E-state index in [9.17, 15) is 4.79 Å². The van der Waals surface area contributed by atoms with Crippen LogP contribution in [0, 0.1) is 5.41 Å². The molecule has 0 aliphatic carbocycles. The van der Waals surface area contributed by atoms with E-state index in [4.69, 9.17) is 0 Å². The number of hydrogen-bond donors (Lipinski definition) is 1. The largest absolute Gasteiger partial charge is 0.326 e. The summed E-state index contributed by atoms with van der Waals surface area (Å²) in [4.78, 5) is 14.5. The van der Waals surface area contributed by atoms with Gasteiger partial charge in [-0.2, -0.15) is 0 Å². The second-order valence-electron chi connectivity index (χ2n) is 6.95. The number of amides is 1. The quantitative estimate of drug-likeness (QED) is 0.915. The fourth-order valence-electron chi connectivity index (χ4n) is 2.73. The lowest BCUT2D eigenvalue weighted by molar-refractivity contribution is -0.131. The van der Waals surface area contributed by atoms with Crippen molar-refractivity contribution >= 4 is 5.91 Å². The van der Waals surface area contributed by atoms with E-state index in [2.05, 4.69) is 45.1 Å². The first-order valence-corrected chi connectivity index (χ1v) is 7.47. The Morgan fingerprint density at radius 3 is 2.45 bits per heavy atom. The summed E-state index contributed by atoms with van der Waals surface area (Å²) in [5.74, 6) is 0.253. The van der Waals surface area contributed by atoms with Gasteiger partial charge in [0.05, 0.1) is 12.2 Å². The summed E-state index contributed by atoms with van der Waals surface area (Å²) in [6, 6.07) is 10.3. The molecule has 0 saturated carbocycles. The average molecular weight is 274 g/mol. The molecule has 1 fully saturated rings. The Morgan fingerprint density at radius 1 is 1.20 bits per heavy atom. The molecule has 0 radical (unpaired) electrons. The summed E-state index contributed by atoms with van der Waals surface area (Å²) < 4.78 is 0. The van der Waals surface area contributed by atoms with Gasteiger partial charge in [-0.3, -0.25) is 10.1 Å². The molecule has 1 heterocycles. The van der Waals surface area contributed by atoms with Crippen LogP contribution in [-0.4, -0.2) is 29.6 Å². The van der Waals surface area contributed by atoms with Crippen molar-refractivity contribution in [1.29, 1.82) is 0 Å². The van der Waals surface area contributed by atoms with Crippen LogP contribution in [0.25, 0.3) is 0 Å². The van der Waals surface area contributed by atoms with Gasteiger partial charge in [-0.05, 0) is 30.7 Å². The smallest absolute Gasteiger partial charge is 0.241 e. The molecular formula is C17H26N2O. The maximum Gasteiger partial charge on any atom is 0.241 e. The topological polar surface area (TPSA) is 32.3 Å². The Kier molecular flexibility index (Phi) is 4.48. The molecule has 1 saturated heterocycles. The molecule has 0 spiro atoms. The first kappa shape index (κ1) is 15.0. The molecule has 1 amide bonds. The van der Waals surface area contributed by atoms with Crippen LogP contribution in [0.4, 0.5) is 0 Å². The molecule has 1 aliphatic rings. The lowest BCUT2D eigenvalue weighted by atomic mass is 9.95. The van der Waals surface area contributed by atoms with Gasteiger partial charge in [-0.1, -0.05) is 51.1 Å². The predicted molar refractivity (Wildman–Crippen MR) is 82.3 cm³/mol. The zero-order valence-corrected chi connectivity index (χ0v) is 13.0. The third kappa shape index (κ3) is 3.83. The monoisotopic (exact) mass is 274 g/mol. The SMILES string of the molecule is CC1NC(CCc2ccccc2)C(=O)N1CC(C)(C)C. The second kappa shape index (κ2) is 5.96. The van der Waals surface area contributed by atoms with Crippen LogP contribution in [0.3, 0.4) is 0 Å². The first-order chi connectivity index (χ1) is 9.37. The van der Waals surface area contributed by atoms with E-state index < -0.39 is 0 Å². The zero-order chi connectivity index (χ0) is 14.8. The van der Waals surface area contributed by atoms with Crippen LogP contribution in [-0.2, 0) is 11.2 Å². The van der Waals surface area contributed by atoms with Crippen LogP contribution >= 0.6 is 0 Å². The summed E-state index contributed by atoms with van der Waals surface area (Å²) >= 11 is 0. The van der Waals surface area contributed by atoms with Crippen molar-refractivity contribution in [3.8, 4) is 0 Å². The van der Waals surface area contributed by atoms with E-state index in [1.807, 2.05) is 23.1 Å². The van der Waals surface area contributed by atoms with Crippen LogP contribution < -0.4 is 5.32 Å². The van der Waals surface area contributed by atoms with Gasteiger partial charge in [0.15, 0.2) is 0 Å².